The molecule has 6 nitrogen and oxygen atoms in total. The van der Waals surface area contributed by atoms with Crippen LogP contribution in [0, 0.1) is 0 Å². The van der Waals surface area contributed by atoms with Crippen molar-refractivity contribution in [2.45, 2.75) is 38.5 Å². The molecule has 0 bridgehead atoms. The summed E-state index contributed by atoms with van der Waals surface area (Å²) in [6, 6.07) is 15.5. The molecule has 1 aliphatic rings. The highest BCUT2D eigenvalue weighted by Crippen LogP contribution is 2.20. The molecule has 2 heterocycles. The summed E-state index contributed by atoms with van der Waals surface area (Å²) >= 11 is 0. The molecule has 2 aromatic rings. The zero-order valence-electron chi connectivity index (χ0n) is 16.4. The molecule has 0 spiro atoms. The summed E-state index contributed by atoms with van der Waals surface area (Å²) in [7, 11) is 3.44. The number of nitrogens with zero attached hydrogens (tertiary/aromatic N) is 3. The maximum absolute atomic E-state index is 5.18. The Morgan fingerprint density at radius 2 is 2.07 bits per heavy atom. The van der Waals surface area contributed by atoms with Crippen LogP contribution < -0.4 is 15.4 Å². The minimum absolute atomic E-state index is 0.391. The van der Waals surface area contributed by atoms with Gasteiger partial charge in [0.2, 0.25) is 5.88 Å². The molecule has 1 aliphatic heterocycles. The molecule has 2 N–H and O–H groups in total. The molecule has 27 heavy (non-hydrogen) atoms. The molecule has 0 aliphatic carbocycles. The van der Waals surface area contributed by atoms with Crippen molar-refractivity contribution in [2.24, 2.45) is 4.99 Å². The number of aromatic nitrogens is 1. The largest absolute Gasteiger partial charge is 0.481 e. The number of ether oxygens (including phenoxy) is 1. The van der Waals surface area contributed by atoms with E-state index in [9.17, 15) is 0 Å². The normalized spacial score (nSPS) is 20.5. The first-order valence-electron chi connectivity index (χ1n) is 9.42. The highest BCUT2D eigenvalue weighted by Gasteiger charge is 2.29. The molecule has 1 aromatic heterocycles. The van der Waals surface area contributed by atoms with Crippen molar-refractivity contribution < 1.29 is 4.74 Å². The van der Waals surface area contributed by atoms with Gasteiger partial charge in [0.15, 0.2) is 5.96 Å². The van der Waals surface area contributed by atoms with E-state index < -0.39 is 0 Å². The van der Waals surface area contributed by atoms with Gasteiger partial charge in [-0.1, -0.05) is 30.3 Å². The Balaban J connectivity index is 1.51. The predicted octanol–water partition coefficient (Wildman–Crippen LogP) is 2.42. The number of nitrogens with one attached hydrogen (secondary N) is 2. The Morgan fingerprint density at radius 1 is 1.26 bits per heavy atom. The summed E-state index contributed by atoms with van der Waals surface area (Å²) < 4.78 is 5.18. The average molecular weight is 367 g/mol. The van der Waals surface area contributed by atoms with E-state index in [0.717, 1.165) is 31.0 Å². The number of rotatable bonds is 6. The number of benzene rings is 1. The van der Waals surface area contributed by atoms with E-state index in [-0.39, 0.29) is 0 Å². The van der Waals surface area contributed by atoms with E-state index in [2.05, 4.69) is 62.8 Å². The van der Waals surface area contributed by atoms with Crippen molar-refractivity contribution in [3.8, 4) is 5.88 Å². The third-order valence-electron chi connectivity index (χ3n) is 4.97. The Bertz CT molecular complexity index is 749. The molecule has 0 radical (unpaired) electrons. The number of likely N-dealkylation sites (tertiary alicyclic amines) is 1. The maximum atomic E-state index is 5.18. The number of hydrogen-bond acceptors (Lipinski definition) is 4. The van der Waals surface area contributed by atoms with Crippen molar-refractivity contribution >= 4 is 5.96 Å². The van der Waals surface area contributed by atoms with Crippen molar-refractivity contribution in [1.82, 2.24) is 20.5 Å². The van der Waals surface area contributed by atoms with Crippen LogP contribution in [-0.4, -0.2) is 48.6 Å². The van der Waals surface area contributed by atoms with E-state index in [1.807, 2.05) is 19.2 Å². The topological polar surface area (TPSA) is 61.8 Å². The lowest BCUT2D eigenvalue weighted by Crippen LogP contribution is -2.44. The summed E-state index contributed by atoms with van der Waals surface area (Å²) in [6.07, 6.45) is 2.86. The monoisotopic (exact) mass is 367 g/mol. The van der Waals surface area contributed by atoms with Crippen LogP contribution in [0.15, 0.2) is 53.7 Å². The first-order valence-corrected chi connectivity index (χ1v) is 9.42. The molecule has 0 saturated carbocycles. The van der Waals surface area contributed by atoms with Crippen LogP contribution in [0.5, 0.6) is 5.88 Å². The third-order valence-corrected chi connectivity index (χ3v) is 4.97. The zero-order chi connectivity index (χ0) is 19.1. The van der Waals surface area contributed by atoms with E-state index in [1.54, 1.807) is 13.3 Å². The SMILES string of the molecule is CN=C(NCc1ccnc(OC)c1)NC1CC(C)N(Cc2ccccc2)C1. The molecule has 144 valence electrons. The molecule has 1 fully saturated rings. The maximum Gasteiger partial charge on any atom is 0.213 e. The van der Waals surface area contributed by atoms with Gasteiger partial charge in [-0.3, -0.25) is 9.89 Å². The average Bonchev–Trinajstić information content (AvgIpc) is 3.05. The van der Waals surface area contributed by atoms with Crippen LogP contribution in [0.4, 0.5) is 0 Å². The fourth-order valence-corrected chi connectivity index (χ4v) is 3.49. The number of guanidine groups is 1. The zero-order valence-corrected chi connectivity index (χ0v) is 16.4. The van der Waals surface area contributed by atoms with Gasteiger partial charge in [-0.2, -0.15) is 0 Å². The standard InChI is InChI=1S/C21H29N5O/c1-16-11-19(15-26(16)14-17-7-5-4-6-8-17)25-21(22-2)24-13-18-9-10-23-20(12-18)27-3/h4-10,12,16,19H,11,13-15H2,1-3H3,(H2,22,24,25). The number of aliphatic imine (C=N–C) groups is 1. The molecule has 1 aromatic carbocycles. The fraction of sp³-hybridized carbons (Fsp3) is 0.429. The van der Waals surface area contributed by atoms with Crippen LogP contribution in [0.2, 0.25) is 0 Å². The van der Waals surface area contributed by atoms with E-state index in [0.29, 0.717) is 24.5 Å². The minimum atomic E-state index is 0.391. The number of methoxy groups -OCH3 is 1. The van der Waals surface area contributed by atoms with Gasteiger partial charge in [0.25, 0.3) is 0 Å². The third kappa shape index (κ3) is 5.44. The molecule has 2 unspecified atom stereocenters. The second-order valence-corrected chi connectivity index (χ2v) is 6.97. The second-order valence-electron chi connectivity index (χ2n) is 6.97. The van der Waals surface area contributed by atoms with E-state index in [4.69, 9.17) is 4.74 Å². The molecule has 0 amide bonds. The summed E-state index contributed by atoms with van der Waals surface area (Å²) in [6.45, 7) is 4.97. The lowest BCUT2D eigenvalue weighted by atomic mass is 10.2. The van der Waals surface area contributed by atoms with Crippen molar-refractivity contribution in [1.29, 1.82) is 0 Å². The van der Waals surface area contributed by atoms with Gasteiger partial charge in [0, 0.05) is 51.0 Å². The molecule has 1 saturated heterocycles. The quantitative estimate of drug-likeness (QED) is 0.606. The van der Waals surface area contributed by atoms with Gasteiger partial charge in [-0.25, -0.2) is 4.98 Å². The van der Waals surface area contributed by atoms with E-state index >= 15 is 0 Å². The van der Waals surface area contributed by atoms with Gasteiger partial charge in [-0.15, -0.1) is 0 Å². The van der Waals surface area contributed by atoms with Crippen molar-refractivity contribution in [3.05, 3.63) is 59.8 Å². The molecular formula is C21H29N5O. The Kier molecular flexibility index (Phi) is 6.65. The Labute approximate surface area is 161 Å². The molecule has 6 heteroatoms. The molecule has 3 rings (SSSR count). The van der Waals surface area contributed by atoms with Gasteiger partial charge < -0.3 is 15.4 Å². The van der Waals surface area contributed by atoms with Gasteiger partial charge in [-0.05, 0) is 30.5 Å². The first kappa shape index (κ1) is 19.2. The highest BCUT2D eigenvalue weighted by atomic mass is 16.5. The second kappa shape index (κ2) is 9.37. The van der Waals surface area contributed by atoms with Crippen LogP contribution in [0.25, 0.3) is 0 Å². The van der Waals surface area contributed by atoms with Crippen LogP contribution >= 0.6 is 0 Å². The number of pyridine rings is 1. The number of hydrogen-bond donors (Lipinski definition) is 2. The van der Waals surface area contributed by atoms with Gasteiger partial charge in [0.05, 0.1) is 7.11 Å². The summed E-state index contributed by atoms with van der Waals surface area (Å²) in [5, 5.41) is 6.94. The van der Waals surface area contributed by atoms with E-state index in [1.165, 1.54) is 5.56 Å². The van der Waals surface area contributed by atoms with Crippen LogP contribution in [-0.2, 0) is 13.1 Å². The molecular weight excluding hydrogens is 338 g/mol. The minimum Gasteiger partial charge on any atom is -0.481 e. The van der Waals surface area contributed by atoms with Crippen molar-refractivity contribution in [3.63, 3.8) is 0 Å². The predicted molar refractivity (Wildman–Crippen MR) is 109 cm³/mol. The summed E-state index contributed by atoms with van der Waals surface area (Å²) in [5.41, 5.74) is 2.47. The fourth-order valence-electron chi connectivity index (χ4n) is 3.49. The van der Waals surface area contributed by atoms with Crippen LogP contribution in [0.1, 0.15) is 24.5 Å². The van der Waals surface area contributed by atoms with Crippen molar-refractivity contribution in [2.75, 3.05) is 20.7 Å². The Hall–Kier alpha value is -2.60. The first-order chi connectivity index (χ1) is 13.2. The van der Waals surface area contributed by atoms with Crippen LogP contribution in [0.3, 0.4) is 0 Å². The highest BCUT2D eigenvalue weighted by molar-refractivity contribution is 5.80. The lowest BCUT2D eigenvalue weighted by molar-refractivity contribution is 0.258. The molecule has 2 atom stereocenters. The summed E-state index contributed by atoms with van der Waals surface area (Å²) in [4.78, 5) is 11.0. The lowest BCUT2D eigenvalue weighted by Gasteiger charge is -2.21. The summed E-state index contributed by atoms with van der Waals surface area (Å²) in [5.74, 6) is 1.45. The van der Waals surface area contributed by atoms with Gasteiger partial charge >= 0.3 is 0 Å². The smallest absolute Gasteiger partial charge is 0.213 e. The Morgan fingerprint density at radius 3 is 2.81 bits per heavy atom. The van der Waals surface area contributed by atoms with Gasteiger partial charge in [0.1, 0.15) is 0 Å².